The Labute approximate surface area is 150 Å². The van der Waals surface area contributed by atoms with E-state index >= 15 is 0 Å². The molecule has 0 spiro atoms. The van der Waals surface area contributed by atoms with Crippen LogP contribution in [-0.2, 0) is 14.3 Å². The molecule has 0 bridgehead atoms. The zero-order valence-electron chi connectivity index (χ0n) is 13.8. The zero-order valence-corrected chi connectivity index (χ0v) is 14.5. The number of hydrogen-bond acceptors (Lipinski definition) is 3. The molecule has 2 aromatic carbocycles. The molecule has 1 N–H and O–H groups in total. The maximum absolute atomic E-state index is 13.0. The number of nitrogens with one attached hydrogen (secondary N) is 1. The molecule has 0 aliphatic rings. The third-order valence-corrected chi connectivity index (χ3v) is 3.75. The first-order valence-corrected chi connectivity index (χ1v) is 7.95. The molecule has 0 unspecified atom stereocenters. The molecule has 4 nitrogen and oxygen atoms in total. The number of esters is 1. The molecule has 0 aliphatic carbocycles. The molecule has 130 valence electrons. The monoisotopic (exact) mass is 361 g/mol. The molecule has 0 fully saturated rings. The van der Waals surface area contributed by atoms with Crippen molar-refractivity contribution in [1.29, 1.82) is 0 Å². The van der Waals surface area contributed by atoms with E-state index in [2.05, 4.69) is 5.32 Å². The molecule has 2 aromatic rings. The van der Waals surface area contributed by atoms with Crippen molar-refractivity contribution in [3.63, 3.8) is 0 Å². The van der Waals surface area contributed by atoms with Crippen LogP contribution in [0, 0.1) is 12.7 Å². The van der Waals surface area contributed by atoms with Gasteiger partial charge in [-0.25, -0.2) is 9.18 Å². The topological polar surface area (TPSA) is 55.4 Å². The number of halogens is 2. The molecule has 0 aliphatic heterocycles. The summed E-state index contributed by atoms with van der Waals surface area (Å²) >= 11 is 5.84. The minimum Gasteiger partial charge on any atom is -0.449 e. The number of hydrogen-bond donors (Lipinski definition) is 1. The van der Waals surface area contributed by atoms with Crippen LogP contribution in [0.3, 0.4) is 0 Å². The summed E-state index contributed by atoms with van der Waals surface area (Å²) in [5, 5.41) is 2.55. The normalized spacial score (nSPS) is 12.0. The summed E-state index contributed by atoms with van der Waals surface area (Å²) in [5.74, 6) is -1.72. The Morgan fingerprint density at radius 1 is 1.24 bits per heavy atom. The van der Waals surface area contributed by atoms with Crippen LogP contribution < -0.4 is 5.32 Å². The third kappa shape index (κ3) is 5.43. The van der Waals surface area contributed by atoms with Crippen molar-refractivity contribution in [2.24, 2.45) is 0 Å². The van der Waals surface area contributed by atoms with Crippen LogP contribution in [0.1, 0.15) is 18.1 Å². The van der Waals surface area contributed by atoms with E-state index in [1.54, 1.807) is 6.08 Å². The van der Waals surface area contributed by atoms with Gasteiger partial charge in [0.25, 0.3) is 5.91 Å². The summed E-state index contributed by atoms with van der Waals surface area (Å²) in [4.78, 5) is 23.9. The minimum atomic E-state index is -1.03. The van der Waals surface area contributed by atoms with E-state index in [1.807, 2.05) is 31.2 Å². The fourth-order valence-corrected chi connectivity index (χ4v) is 2.24. The second-order valence-electron chi connectivity index (χ2n) is 5.38. The summed E-state index contributed by atoms with van der Waals surface area (Å²) in [6.07, 6.45) is 1.85. The quantitative estimate of drug-likeness (QED) is 0.635. The van der Waals surface area contributed by atoms with E-state index in [0.717, 1.165) is 17.2 Å². The molecule has 0 aromatic heterocycles. The molecule has 0 saturated carbocycles. The lowest BCUT2D eigenvalue weighted by molar-refractivity contribution is -0.148. The number of carbonyl (C=O) groups is 2. The number of aryl methyl sites for hydroxylation is 1. The Morgan fingerprint density at radius 2 is 1.96 bits per heavy atom. The van der Waals surface area contributed by atoms with Gasteiger partial charge in [0.05, 0.1) is 10.7 Å². The Balaban J connectivity index is 1.94. The number of amides is 1. The molecule has 2 rings (SSSR count). The fraction of sp³-hybridized carbons (Fsp3) is 0.158. The highest BCUT2D eigenvalue weighted by atomic mass is 35.5. The lowest BCUT2D eigenvalue weighted by Crippen LogP contribution is -2.29. The molecule has 0 saturated heterocycles. The van der Waals surface area contributed by atoms with Gasteiger partial charge in [-0.05, 0) is 49.2 Å². The summed E-state index contributed by atoms with van der Waals surface area (Å²) in [5.41, 5.74) is 2.14. The van der Waals surface area contributed by atoms with Crippen LogP contribution in [0.2, 0.25) is 5.02 Å². The second kappa shape index (κ2) is 8.44. The highest BCUT2D eigenvalue weighted by Crippen LogP contribution is 2.22. The molecule has 25 heavy (non-hydrogen) atoms. The smallest absolute Gasteiger partial charge is 0.331 e. The lowest BCUT2D eigenvalue weighted by atomic mass is 10.1. The number of carbonyl (C=O) groups excluding carboxylic acids is 2. The van der Waals surface area contributed by atoms with Crippen molar-refractivity contribution in [3.8, 4) is 0 Å². The van der Waals surface area contributed by atoms with E-state index in [-0.39, 0.29) is 10.7 Å². The predicted molar refractivity (Wildman–Crippen MR) is 95.8 cm³/mol. The van der Waals surface area contributed by atoms with Gasteiger partial charge in [-0.15, -0.1) is 0 Å². The van der Waals surface area contributed by atoms with Gasteiger partial charge in [-0.3, -0.25) is 4.79 Å². The molecule has 0 heterocycles. The summed E-state index contributed by atoms with van der Waals surface area (Å²) in [6, 6.07) is 11.1. The van der Waals surface area contributed by atoms with Gasteiger partial charge >= 0.3 is 5.97 Å². The van der Waals surface area contributed by atoms with Crippen LogP contribution in [0.15, 0.2) is 48.5 Å². The first kappa shape index (κ1) is 18.7. The third-order valence-electron chi connectivity index (χ3n) is 3.44. The van der Waals surface area contributed by atoms with Gasteiger partial charge in [-0.2, -0.15) is 0 Å². The molecule has 1 atom stereocenters. The van der Waals surface area contributed by atoms with Crippen molar-refractivity contribution in [3.05, 3.63) is 70.5 Å². The van der Waals surface area contributed by atoms with Crippen LogP contribution in [-0.4, -0.2) is 18.0 Å². The van der Waals surface area contributed by atoms with Gasteiger partial charge in [0.1, 0.15) is 5.82 Å². The Morgan fingerprint density at radius 3 is 2.64 bits per heavy atom. The van der Waals surface area contributed by atoms with E-state index in [0.29, 0.717) is 0 Å². The maximum Gasteiger partial charge on any atom is 0.331 e. The molecule has 6 heteroatoms. The molecule has 1 amide bonds. The van der Waals surface area contributed by atoms with Crippen LogP contribution in [0.4, 0.5) is 10.1 Å². The van der Waals surface area contributed by atoms with E-state index in [9.17, 15) is 14.0 Å². The van der Waals surface area contributed by atoms with Crippen molar-refractivity contribution >= 4 is 35.2 Å². The molecule has 0 radical (unpaired) electrons. The Kier molecular flexibility index (Phi) is 6.31. The largest absolute Gasteiger partial charge is 0.449 e. The highest BCUT2D eigenvalue weighted by molar-refractivity contribution is 6.33. The van der Waals surface area contributed by atoms with Crippen molar-refractivity contribution < 1.29 is 18.7 Å². The van der Waals surface area contributed by atoms with Crippen molar-refractivity contribution in [1.82, 2.24) is 0 Å². The first-order valence-electron chi connectivity index (χ1n) is 7.57. The highest BCUT2D eigenvalue weighted by Gasteiger charge is 2.17. The molecular weight excluding hydrogens is 345 g/mol. The van der Waals surface area contributed by atoms with Crippen LogP contribution in [0.5, 0.6) is 0 Å². The summed E-state index contributed by atoms with van der Waals surface area (Å²) in [6.45, 7) is 3.36. The number of rotatable bonds is 5. The van der Waals surface area contributed by atoms with Gasteiger partial charge in [0.2, 0.25) is 0 Å². The Hall–Kier alpha value is -2.66. The van der Waals surface area contributed by atoms with Crippen molar-refractivity contribution in [2.45, 2.75) is 20.0 Å². The van der Waals surface area contributed by atoms with Gasteiger partial charge in [0, 0.05) is 6.08 Å². The van der Waals surface area contributed by atoms with E-state index in [1.165, 1.54) is 25.1 Å². The second-order valence-corrected chi connectivity index (χ2v) is 5.79. The first-order chi connectivity index (χ1) is 11.9. The average Bonchev–Trinajstić information content (AvgIpc) is 2.56. The van der Waals surface area contributed by atoms with Crippen LogP contribution >= 0.6 is 11.6 Å². The number of anilines is 1. The lowest BCUT2D eigenvalue weighted by Gasteiger charge is -2.13. The minimum absolute atomic E-state index is 0.0614. The van der Waals surface area contributed by atoms with Gasteiger partial charge in [0.15, 0.2) is 6.10 Å². The van der Waals surface area contributed by atoms with Gasteiger partial charge in [-0.1, -0.05) is 35.9 Å². The Bertz CT molecular complexity index is 820. The van der Waals surface area contributed by atoms with E-state index < -0.39 is 23.8 Å². The average molecular weight is 362 g/mol. The van der Waals surface area contributed by atoms with Crippen molar-refractivity contribution in [2.75, 3.05) is 5.32 Å². The number of ether oxygens (including phenoxy) is 1. The van der Waals surface area contributed by atoms with E-state index in [4.69, 9.17) is 16.3 Å². The summed E-state index contributed by atoms with van der Waals surface area (Å²) < 4.78 is 18.0. The molecular formula is C19H17ClFNO3. The SMILES string of the molecule is Cc1ccccc1/C=C/C(=O)O[C@H](C)C(=O)Nc1ccc(F)cc1Cl. The number of benzene rings is 2. The van der Waals surface area contributed by atoms with Gasteiger partial charge < -0.3 is 10.1 Å². The van der Waals surface area contributed by atoms with Crippen LogP contribution in [0.25, 0.3) is 6.08 Å². The zero-order chi connectivity index (χ0) is 18.4. The maximum atomic E-state index is 13.0. The summed E-state index contributed by atoms with van der Waals surface area (Å²) in [7, 11) is 0. The standard InChI is InChI=1S/C19H17ClFNO3/c1-12-5-3-4-6-14(12)7-10-18(23)25-13(2)19(24)22-17-9-8-15(21)11-16(17)20/h3-11,13H,1-2H3,(H,22,24)/b10-7+/t13-/m1/s1. The fourth-order valence-electron chi connectivity index (χ4n) is 2.02. The predicted octanol–water partition coefficient (Wildman–Crippen LogP) is 4.37.